The van der Waals surface area contributed by atoms with Crippen LogP contribution in [-0.2, 0) is 0 Å². The number of allylic oxidation sites excluding steroid dienone is 4. The maximum atomic E-state index is 12.4. The summed E-state index contributed by atoms with van der Waals surface area (Å²) < 4.78 is 12.4. The lowest BCUT2D eigenvalue weighted by Gasteiger charge is -2.08. The van der Waals surface area contributed by atoms with Gasteiger partial charge in [-0.05, 0) is 44.5 Å². The van der Waals surface area contributed by atoms with Crippen LogP contribution in [0.4, 0.5) is 4.39 Å². The summed E-state index contributed by atoms with van der Waals surface area (Å²) >= 11 is 0. The zero-order chi connectivity index (χ0) is 12.1. The van der Waals surface area contributed by atoms with Gasteiger partial charge >= 0.3 is 0 Å². The Kier molecular flexibility index (Phi) is 11.4. The Hall–Kier alpha value is -0.930. The molecule has 1 aliphatic heterocycles. The van der Waals surface area contributed by atoms with Crippen molar-refractivity contribution in [2.24, 2.45) is 0 Å². The number of aliphatic hydroxyl groups excluding tert-OH is 1. The van der Waals surface area contributed by atoms with E-state index in [2.05, 4.69) is 11.9 Å². The van der Waals surface area contributed by atoms with Gasteiger partial charge in [0.05, 0.1) is 0 Å². The maximum Gasteiger partial charge on any atom is 0.119 e. The number of rotatable bonds is 4. The largest absolute Gasteiger partial charge is 0.396 e. The second-order valence-electron chi connectivity index (χ2n) is 3.51. The first-order valence-electron chi connectivity index (χ1n) is 5.77. The number of halogens is 1. The molecule has 0 unspecified atom stereocenters. The number of aliphatic hydroxyl groups is 1. The van der Waals surface area contributed by atoms with Crippen molar-refractivity contribution in [3.05, 3.63) is 36.7 Å². The van der Waals surface area contributed by atoms with Crippen molar-refractivity contribution in [3.63, 3.8) is 0 Å². The van der Waals surface area contributed by atoms with E-state index < -0.39 is 0 Å². The second kappa shape index (κ2) is 12.1. The molecule has 0 radical (unpaired) electrons. The molecule has 2 nitrogen and oxygen atoms in total. The van der Waals surface area contributed by atoms with E-state index in [1.807, 2.05) is 0 Å². The standard InChI is InChI=1S/C8H11FO.C5H11N/c1-2-3-5-8(9)6-4-7-10;1-2-4-6-5-3-1/h2-3,5-6,10H,1,4,7H2;6H,1-5H2/b5-3-,8-6-;. The molecule has 1 saturated heterocycles. The Balaban J connectivity index is 0.000000315. The highest BCUT2D eigenvalue weighted by Crippen LogP contribution is 1.99. The van der Waals surface area contributed by atoms with Crippen LogP contribution >= 0.6 is 0 Å². The molecular weight excluding hydrogens is 205 g/mol. The van der Waals surface area contributed by atoms with Crippen molar-refractivity contribution in [2.75, 3.05) is 19.7 Å². The number of hydrogen-bond acceptors (Lipinski definition) is 2. The van der Waals surface area contributed by atoms with E-state index in [0.29, 0.717) is 6.42 Å². The monoisotopic (exact) mass is 227 g/mol. The molecule has 0 amide bonds. The van der Waals surface area contributed by atoms with Gasteiger partial charge in [-0.1, -0.05) is 25.2 Å². The Labute approximate surface area is 97.6 Å². The molecule has 1 rings (SSSR count). The molecule has 1 fully saturated rings. The fourth-order valence-electron chi connectivity index (χ4n) is 1.23. The SMILES string of the molecule is C1CCNCC1.C=C/C=C\C(F)=C\CCO. The van der Waals surface area contributed by atoms with Crippen LogP contribution in [0.1, 0.15) is 25.7 Å². The van der Waals surface area contributed by atoms with E-state index in [9.17, 15) is 4.39 Å². The highest BCUT2D eigenvalue weighted by Gasteiger charge is 1.93. The first-order chi connectivity index (χ1) is 7.81. The molecule has 0 saturated carbocycles. The minimum Gasteiger partial charge on any atom is -0.396 e. The van der Waals surface area contributed by atoms with E-state index in [1.165, 1.54) is 56.7 Å². The molecular formula is C13H22FNO. The number of piperidine rings is 1. The summed E-state index contributed by atoms with van der Waals surface area (Å²) in [5, 5.41) is 11.6. The number of nitrogens with one attached hydrogen (secondary N) is 1. The van der Waals surface area contributed by atoms with Gasteiger partial charge in [0.1, 0.15) is 5.83 Å². The lowest BCUT2D eigenvalue weighted by Crippen LogP contribution is -2.21. The molecule has 1 heterocycles. The molecule has 3 heteroatoms. The summed E-state index contributed by atoms with van der Waals surface area (Å²) in [5.41, 5.74) is 0. The van der Waals surface area contributed by atoms with Crippen molar-refractivity contribution in [1.82, 2.24) is 5.32 Å². The Morgan fingerprint density at radius 3 is 2.38 bits per heavy atom. The van der Waals surface area contributed by atoms with Crippen LogP contribution < -0.4 is 5.32 Å². The lowest BCUT2D eigenvalue weighted by atomic mass is 10.2. The molecule has 0 aliphatic carbocycles. The third-order valence-corrected chi connectivity index (χ3v) is 2.07. The van der Waals surface area contributed by atoms with Gasteiger partial charge in [-0.3, -0.25) is 0 Å². The summed E-state index contributed by atoms with van der Waals surface area (Å²) in [7, 11) is 0. The topological polar surface area (TPSA) is 32.3 Å². The van der Waals surface area contributed by atoms with Crippen molar-refractivity contribution in [3.8, 4) is 0 Å². The highest BCUT2D eigenvalue weighted by atomic mass is 19.1. The minimum absolute atomic E-state index is 0.0185. The van der Waals surface area contributed by atoms with E-state index in [-0.39, 0.29) is 12.4 Å². The first-order valence-corrected chi connectivity index (χ1v) is 5.77. The average Bonchev–Trinajstić information content (AvgIpc) is 2.36. The summed E-state index contributed by atoms with van der Waals surface area (Å²) in [6, 6.07) is 0. The smallest absolute Gasteiger partial charge is 0.119 e. The molecule has 0 aromatic heterocycles. The Morgan fingerprint density at radius 2 is 2.00 bits per heavy atom. The predicted octanol–water partition coefficient (Wildman–Crippen LogP) is 2.72. The quantitative estimate of drug-likeness (QED) is 0.724. The molecule has 0 aromatic carbocycles. The average molecular weight is 227 g/mol. The fraction of sp³-hybridized carbons (Fsp3) is 0.538. The summed E-state index contributed by atoms with van der Waals surface area (Å²) in [6.07, 6.45) is 10.2. The van der Waals surface area contributed by atoms with Gasteiger partial charge in [0, 0.05) is 6.61 Å². The van der Waals surface area contributed by atoms with Crippen molar-refractivity contribution in [1.29, 1.82) is 0 Å². The minimum atomic E-state index is -0.339. The van der Waals surface area contributed by atoms with Gasteiger partial charge < -0.3 is 10.4 Å². The van der Waals surface area contributed by atoms with Gasteiger partial charge in [-0.2, -0.15) is 0 Å². The van der Waals surface area contributed by atoms with Crippen molar-refractivity contribution in [2.45, 2.75) is 25.7 Å². The maximum absolute atomic E-state index is 12.4. The molecule has 16 heavy (non-hydrogen) atoms. The molecule has 0 atom stereocenters. The Bertz CT molecular complexity index is 208. The normalized spacial score (nSPS) is 16.8. The molecule has 0 aromatic rings. The summed E-state index contributed by atoms with van der Waals surface area (Å²) in [4.78, 5) is 0. The highest BCUT2D eigenvalue weighted by molar-refractivity contribution is 5.14. The zero-order valence-electron chi connectivity index (χ0n) is 9.79. The van der Waals surface area contributed by atoms with E-state index in [1.54, 1.807) is 0 Å². The molecule has 0 spiro atoms. The second-order valence-corrected chi connectivity index (χ2v) is 3.51. The fourth-order valence-corrected chi connectivity index (χ4v) is 1.23. The summed E-state index contributed by atoms with van der Waals surface area (Å²) in [5.74, 6) is -0.339. The summed E-state index contributed by atoms with van der Waals surface area (Å²) in [6.45, 7) is 5.86. The molecule has 92 valence electrons. The van der Waals surface area contributed by atoms with E-state index >= 15 is 0 Å². The third-order valence-electron chi connectivity index (χ3n) is 2.07. The first kappa shape index (κ1) is 15.1. The number of hydrogen-bond donors (Lipinski definition) is 2. The van der Waals surface area contributed by atoms with Crippen LogP contribution in [0.5, 0.6) is 0 Å². The van der Waals surface area contributed by atoms with Crippen molar-refractivity contribution >= 4 is 0 Å². The molecule has 1 aliphatic rings. The predicted molar refractivity (Wildman–Crippen MR) is 67.0 cm³/mol. The Morgan fingerprint density at radius 1 is 1.31 bits per heavy atom. The molecule has 2 N–H and O–H groups in total. The van der Waals surface area contributed by atoms with Crippen LogP contribution in [-0.4, -0.2) is 24.8 Å². The van der Waals surface area contributed by atoms with Gasteiger partial charge in [0.25, 0.3) is 0 Å². The van der Waals surface area contributed by atoms with Gasteiger partial charge in [0.2, 0.25) is 0 Å². The van der Waals surface area contributed by atoms with Gasteiger partial charge in [0.15, 0.2) is 0 Å². The van der Waals surface area contributed by atoms with E-state index in [4.69, 9.17) is 5.11 Å². The zero-order valence-corrected chi connectivity index (χ0v) is 9.79. The van der Waals surface area contributed by atoms with Gasteiger partial charge in [-0.15, -0.1) is 0 Å². The lowest BCUT2D eigenvalue weighted by molar-refractivity contribution is 0.302. The van der Waals surface area contributed by atoms with E-state index in [0.717, 1.165) is 0 Å². The van der Waals surface area contributed by atoms with Crippen LogP contribution in [0.25, 0.3) is 0 Å². The van der Waals surface area contributed by atoms with Crippen LogP contribution in [0.3, 0.4) is 0 Å². The van der Waals surface area contributed by atoms with Gasteiger partial charge in [-0.25, -0.2) is 4.39 Å². The van der Waals surface area contributed by atoms with Crippen LogP contribution in [0, 0.1) is 0 Å². The van der Waals surface area contributed by atoms with Crippen LogP contribution in [0.15, 0.2) is 36.7 Å². The third kappa shape index (κ3) is 11.1. The van der Waals surface area contributed by atoms with Crippen molar-refractivity contribution < 1.29 is 9.50 Å². The van der Waals surface area contributed by atoms with Crippen LogP contribution in [0.2, 0.25) is 0 Å². The molecule has 0 bridgehead atoms.